The number of nitrogens with one attached hydrogen (secondary N) is 1. The van der Waals surface area contributed by atoms with E-state index in [1.807, 2.05) is 20.8 Å². The van der Waals surface area contributed by atoms with Gasteiger partial charge in [0.25, 0.3) is 5.56 Å². The van der Waals surface area contributed by atoms with E-state index in [2.05, 4.69) is 9.97 Å². The first-order chi connectivity index (χ1) is 9.57. The van der Waals surface area contributed by atoms with E-state index < -0.39 is 17.2 Å². The first-order valence-electron chi connectivity index (χ1n) is 6.37. The molecule has 1 aromatic heterocycles. The second-order valence-electron chi connectivity index (χ2n) is 5.81. The highest BCUT2D eigenvalue weighted by atomic mass is 19.4. The molecular formula is C15H15F3N2O. The van der Waals surface area contributed by atoms with Crippen LogP contribution in [0.4, 0.5) is 13.2 Å². The molecule has 0 unspecified atom stereocenters. The topological polar surface area (TPSA) is 45.8 Å². The monoisotopic (exact) mass is 296 g/mol. The van der Waals surface area contributed by atoms with Gasteiger partial charge >= 0.3 is 6.18 Å². The van der Waals surface area contributed by atoms with Crippen LogP contribution in [0.15, 0.2) is 35.1 Å². The van der Waals surface area contributed by atoms with Crippen molar-refractivity contribution in [3.8, 4) is 11.3 Å². The van der Waals surface area contributed by atoms with Gasteiger partial charge in [-0.1, -0.05) is 32.9 Å². The van der Waals surface area contributed by atoms with Crippen molar-refractivity contribution in [1.82, 2.24) is 9.97 Å². The first kappa shape index (κ1) is 15.3. The van der Waals surface area contributed by atoms with E-state index in [0.717, 1.165) is 12.1 Å². The lowest BCUT2D eigenvalue weighted by atomic mass is 9.95. The maximum atomic E-state index is 12.7. The fourth-order valence-electron chi connectivity index (χ4n) is 1.82. The zero-order chi connectivity index (χ0) is 15.8. The summed E-state index contributed by atoms with van der Waals surface area (Å²) in [4.78, 5) is 18.6. The predicted molar refractivity (Wildman–Crippen MR) is 74.0 cm³/mol. The van der Waals surface area contributed by atoms with E-state index in [-0.39, 0.29) is 16.8 Å². The van der Waals surface area contributed by atoms with Gasteiger partial charge < -0.3 is 4.98 Å². The van der Waals surface area contributed by atoms with E-state index in [1.54, 1.807) is 0 Å². The van der Waals surface area contributed by atoms with E-state index in [9.17, 15) is 18.0 Å². The Morgan fingerprint density at radius 3 is 2.33 bits per heavy atom. The molecule has 2 aromatic rings. The molecule has 0 radical (unpaired) electrons. The molecule has 0 aliphatic carbocycles. The van der Waals surface area contributed by atoms with Crippen molar-refractivity contribution in [3.63, 3.8) is 0 Å². The average molecular weight is 296 g/mol. The molecule has 0 fully saturated rings. The molecule has 1 N–H and O–H groups in total. The standard InChI is InChI=1S/C15H15F3N2O/c1-14(2,3)13-19-11(8-12(21)20-13)9-5-4-6-10(7-9)15(16,17)18/h4-8H,1-3H3,(H,19,20,21). The van der Waals surface area contributed by atoms with Crippen molar-refractivity contribution in [1.29, 1.82) is 0 Å². The zero-order valence-corrected chi connectivity index (χ0v) is 11.9. The van der Waals surface area contributed by atoms with Gasteiger partial charge in [0.2, 0.25) is 0 Å². The summed E-state index contributed by atoms with van der Waals surface area (Å²) in [7, 11) is 0. The van der Waals surface area contributed by atoms with Crippen LogP contribution in [0.5, 0.6) is 0 Å². The van der Waals surface area contributed by atoms with Crippen LogP contribution >= 0.6 is 0 Å². The van der Waals surface area contributed by atoms with Gasteiger partial charge in [-0.05, 0) is 12.1 Å². The molecule has 2 rings (SSSR count). The molecule has 0 bridgehead atoms. The van der Waals surface area contributed by atoms with Crippen LogP contribution in [0.2, 0.25) is 0 Å². The van der Waals surface area contributed by atoms with Crippen LogP contribution in [-0.4, -0.2) is 9.97 Å². The molecule has 1 heterocycles. The second-order valence-corrected chi connectivity index (χ2v) is 5.81. The second kappa shape index (κ2) is 5.02. The molecular weight excluding hydrogens is 281 g/mol. The van der Waals surface area contributed by atoms with E-state index >= 15 is 0 Å². The number of nitrogens with zero attached hydrogens (tertiary/aromatic N) is 1. The summed E-state index contributed by atoms with van der Waals surface area (Å²) in [6.07, 6.45) is -4.43. The summed E-state index contributed by atoms with van der Waals surface area (Å²) in [5.74, 6) is 0.433. The van der Waals surface area contributed by atoms with Crippen LogP contribution in [0.1, 0.15) is 32.2 Å². The number of benzene rings is 1. The Labute approximate surface area is 119 Å². The number of aromatic nitrogens is 2. The highest BCUT2D eigenvalue weighted by Crippen LogP contribution is 2.31. The Hall–Kier alpha value is -2.11. The van der Waals surface area contributed by atoms with Gasteiger partial charge in [0.15, 0.2) is 0 Å². The van der Waals surface area contributed by atoms with Crippen LogP contribution in [-0.2, 0) is 11.6 Å². The number of halogens is 3. The van der Waals surface area contributed by atoms with Crippen molar-refractivity contribution in [3.05, 3.63) is 52.1 Å². The first-order valence-corrected chi connectivity index (χ1v) is 6.37. The van der Waals surface area contributed by atoms with Gasteiger partial charge in [0.1, 0.15) is 5.82 Å². The maximum Gasteiger partial charge on any atom is 0.416 e. The summed E-state index contributed by atoms with van der Waals surface area (Å²) in [5, 5.41) is 0. The number of alkyl halides is 3. The molecule has 112 valence electrons. The van der Waals surface area contributed by atoms with Crippen molar-refractivity contribution in [2.24, 2.45) is 0 Å². The van der Waals surface area contributed by atoms with Crippen molar-refractivity contribution < 1.29 is 13.2 Å². The van der Waals surface area contributed by atoms with Gasteiger partial charge in [0, 0.05) is 17.0 Å². The molecule has 0 saturated carbocycles. The molecule has 0 amide bonds. The molecule has 1 aromatic carbocycles. The van der Waals surface area contributed by atoms with Crippen LogP contribution in [0.3, 0.4) is 0 Å². The summed E-state index contributed by atoms with van der Waals surface area (Å²) in [6, 6.07) is 5.99. The number of H-pyrrole nitrogens is 1. The SMILES string of the molecule is CC(C)(C)c1nc(-c2cccc(C(F)(F)F)c2)cc(=O)[nH]1. The smallest absolute Gasteiger partial charge is 0.310 e. The quantitative estimate of drug-likeness (QED) is 0.871. The molecule has 0 spiro atoms. The highest BCUT2D eigenvalue weighted by Gasteiger charge is 2.30. The predicted octanol–water partition coefficient (Wildman–Crippen LogP) is 3.75. The number of rotatable bonds is 1. The normalized spacial score (nSPS) is 12.5. The minimum Gasteiger partial charge on any atom is -0.310 e. The zero-order valence-electron chi connectivity index (χ0n) is 11.9. The summed E-state index contributed by atoms with van der Waals surface area (Å²) >= 11 is 0. The number of hydrogen-bond donors (Lipinski definition) is 1. The largest absolute Gasteiger partial charge is 0.416 e. The molecule has 0 aliphatic rings. The summed E-state index contributed by atoms with van der Waals surface area (Å²) in [6.45, 7) is 5.59. The minimum atomic E-state index is -4.43. The third kappa shape index (κ3) is 3.51. The Kier molecular flexibility index (Phi) is 3.65. The Balaban J connectivity index is 2.58. The molecule has 0 atom stereocenters. The molecule has 3 nitrogen and oxygen atoms in total. The van der Waals surface area contributed by atoms with Crippen molar-refractivity contribution in [2.75, 3.05) is 0 Å². The highest BCUT2D eigenvalue weighted by molar-refractivity contribution is 5.60. The van der Waals surface area contributed by atoms with E-state index in [0.29, 0.717) is 5.82 Å². The van der Waals surface area contributed by atoms with Gasteiger partial charge in [-0.2, -0.15) is 13.2 Å². The van der Waals surface area contributed by atoms with Crippen molar-refractivity contribution in [2.45, 2.75) is 32.4 Å². The van der Waals surface area contributed by atoms with Crippen LogP contribution in [0, 0.1) is 0 Å². The molecule has 21 heavy (non-hydrogen) atoms. The van der Waals surface area contributed by atoms with E-state index in [1.165, 1.54) is 18.2 Å². The third-order valence-corrected chi connectivity index (χ3v) is 2.94. The van der Waals surface area contributed by atoms with E-state index in [4.69, 9.17) is 0 Å². The summed E-state index contributed by atoms with van der Waals surface area (Å²) < 4.78 is 38.2. The Morgan fingerprint density at radius 1 is 1.10 bits per heavy atom. The average Bonchev–Trinajstić information content (AvgIpc) is 2.36. The van der Waals surface area contributed by atoms with Crippen LogP contribution in [0.25, 0.3) is 11.3 Å². The van der Waals surface area contributed by atoms with Gasteiger partial charge in [-0.25, -0.2) is 4.98 Å². The fraction of sp³-hybridized carbons (Fsp3) is 0.333. The Morgan fingerprint density at radius 2 is 1.76 bits per heavy atom. The van der Waals surface area contributed by atoms with Crippen molar-refractivity contribution >= 4 is 0 Å². The van der Waals surface area contributed by atoms with Gasteiger partial charge in [-0.3, -0.25) is 4.79 Å². The van der Waals surface area contributed by atoms with Gasteiger partial charge in [-0.15, -0.1) is 0 Å². The number of hydrogen-bond acceptors (Lipinski definition) is 2. The molecule has 6 heteroatoms. The van der Waals surface area contributed by atoms with Gasteiger partial charge in [0.05, 0.1) is 11.3 Å². The number of aromatic amines is 1. The lowest BCUT2D eigenvalue weighted by Gasteiger charge is -2.17. The minimum absolute atomic E-state index is 0.231. The summed E-state index contributed by atoms with van der Waals surface area (Å²) in [5.41, 5.74) is -1.06. The molecule has 0 aliphatic heterocycles. The lowest BCUT2D eigenvalue weighted by Crippen LogP contribution is -2.22. The Bertz CT molecular complexity index is 712. The maximum absolute atomic E-state index is 12.7. The lowest BCUT2D eigenvalue weighted by molar-refractivity contribution is -0.137. The van der Waals surface area contributed by atoms with Crippen LogP contribution < -0.4 is 5.56 Å². The molecule has 0 saturated heterocycles. The third-order valence-electron chi connectivity index (χ3n) is 2.94. The fourth-order valence-corrected chi connectivity index (χ4v) is 1.82.